The first-order valence-corrected chi connectivity index (χ1v) is 24.8. The van der Waals surface area contributed by atoms with Crippen molar-refractivity contribution >= 4 is 46.4 Å². The van der Waals surface area contributed by atoms with E-state index in [0.717, 1.165) is 50.5 Å². The SMILES string of the molecule is [2H]c1c([2H])c([2H])c2c(c1[2H])n(-c1cccc(Oc3cccc(N4B(c5ccccc5)N(c5ccccc5)c5ccccc54)n3)c1)[c](=[Pt])n2-c1c(-c2ccccc2)cccc1-c1cc(C(C)(C)C)cc(C(C)(C)C)c1. The third-order valence-electron chi connectivity index (χ3n) is 13.0. The van der Waals surface area contributed by atoms with Crippen LogP contribution in [0.3, 0.4) is 0 Å². The Morgan fingerprint density at radius 3 is 1.71 bits per heavy atom. The van der Waals surface area contributed by atoms with Crippen molar-refractivity contribution in [1.82, 2.24) is 14.1 Å². The second kappa shape index (κ2) is 18.1. The number of imidazole rings is 1. The van der Waals surface area contributed by atoms with Crippen molar-refractivity contribution in [3.63, 3.8) is 0 Å². The molecule has 3 heterocycles. The van der Waals surface area contributed by atoms with Gasteiger partial charge in [-0.25, -0.2) is 0 Å². The minimum atomic E-state index is -0.314. The van der Waals surface area contributed by atoms with Gasteiger partial charge < -0.3 is 0 Å². The van der Waals surface area contributed by atoms with Crippen LogP contribution in [0.4, 0.5) is 22.9 Å². The average Bonchev–Trinajstić information content (AvgIpc) is 3.92. The van der Waals surface area contributed by atoms with Gasteiger partial charge in [-0.2, -0.15) is 0 Å². The van der Waals surface area contributed by atoms with E-state index >= 15 is 0 Å². The maximum atomic E-state index is 9.66. The van der Waals surface area contributed by atoms with Crippen LogP contribution < -0.4 is 19.8 Å². The quantitative estimate of drug-likeness (QED) is 0.135. The number of pyridine rings is 1. The van der Waals surface area contributed by atoms with Crippen LogP contribution in [0.25, 0.3) is 44.7 Å². The molecule has 2 aromatic heterocycles. The van der Waals surface area contributed by atoms with Crippen molar-refractivity contribution in [1.29, 1.82) is 0 Å². The molecule has 0 N–H and O–H groups in total. The molecule has 0 bridgehead atoms. The second-order valence-electron chi connectivity index (χ2n) is 19.8. The molecule has 0 fully saturated rings. The zero-order chi connectivity index (χ0) is 51.6. The molecule has 0 saturated heterocycles. The molecule has 8 aromatic carbocycles. The summed E-state index contributed by atoms with van der Waals surface area (Å²) in [6.07, 6.45) is 0. The summed E-state index contributed by atoms with van der Waals surface area (Å²) in [5, 5.41) is 0. The molecule has 0 saturated carbocycles. The van der Waals surface area contributed by atoms with Gasteiger partial charge >= 0.3 is 346 Å². The molecule has 1 aliphatic heterocycles. The van der Waals surface area contributed by atoms with Crippen LogP contribution in [0.1, 0.15) is 58.2 Å². The Hall–Kier alpha value is -7.47. The van der Waals surface area contributed by atoms with Crippen molar-refractivity contribution in [2.75, 3.05) is 9.62 Å². The summed E-state index contributed by atoms with van der Waals surface area (Å²) in [6.45, 7) is 13.2. The van der Waals surface area contributed by atoms with Crippen molar-refractivity contribution in [2.24, 2.45) is 0 Å². The predicted molar refractivity (Wildman–Crippen MR) is 287 cm³/mol. The molecular weight excluding hydrogens is 1040 g/mol. The van der Waals surface area contributed by atoms with E-state index in [9.17, 15) is 2.74 Å². The first kappa shape index (κ1) is 40.4. The van der Waals surface area contributed by atoms with E-state index < -0.39 is 0 Å². The summed E-state index contributed by atoms with van der Waals surface area (Å²) in [5.74, 6) is 1.60. The molecule has 8 heteroatoms. The number of rotatable bonds is 9. The summed E-state index contributed by atoms with van der Waals surface area (Å²) in [4.78, 5) is 9.80. The Kier molecular flexibility index (Phi) is 10.5. The Morgan fingerprint density at radius 1 is 0.514 bits per heavy atom. The first-order chi connectivity index (χ1) is 35.6. The van der Waals surface area contributed by atoms with Crippen molar-refractivity contribution in [2.45, 2.75) is 52.4 Å². The van der Waals surface area contributed by atoms with Crippen molar-refractivity contribution < 1.29 is 29.6 Å². The maximum absolute atomic E-state index is 9.66. The number of anilines is 4. The Bertz CT molecular complexity index is 3800. The van der Waals surface area contributed by atoms with Crippen molar-refractivity contribution in [3.8, 4) is 45.3 Å². The van der Waals surface area contributed by atoms with Crippen LogP contribution in [-0.2, 0) is 30.2 Å². The molecule has 0 radical (unpaired) electrons. The molecule has 0 amide bonds. The molecule has 70 heavy (non-hydrogen) atoms. The summed E-state index contributed by atoms with van der Waals surface area (Å²) in [5.41, 5.74) is 12.3. The Balaban J connectivity index is 1.08. The Labute approximate surface area is 428 Å². The summed E-state index contributed by atoms with van der Waals surface area (Å²) >= 11 is 2.29. The van der Waals surface area contributed by atoms with E-state index in [1.165, 1.54) is 11.1 Å². The fraction of sp³-hybridized carbons (Fsp3) is 0.129. The van der Waals surface area contributed by atoms with Gasteiger partial charge in [0.25, 0.3) is 0 Å². The standard InChI is InChI=1S/C62H54BN5O.Pt/c1-61(2,3)46-39-45(40-47(41-46)62(4,5)6)53-32-21-31-52(44-23-10-7-11-24-44)60(53)66-43-65(54-33-16-17-34-55(54)66)50-29-20-30-51(42-50)69-59-38-22-37-58(64-59)68-57-36-19-18-35-56(57)67(49-27-14-9-15-28-49)63(68)48-25-12-8-13-26-48;/h7-42H,1-6H3;/i16D,17D,33D,34D;. The molecule has 0 atom stereocenters. The van der Waals surface area contributed by atoms with Crippen LogP contribution in [0.15, 0.2) is 218 Å². The van der Waals surface area contributed by atoms with Gasteiger partial charge in [-0.15, -0.1) is 0 Å². The van der Waals surface area contributed by atoms with E-state index in [4.69, 9.17) is 12.5 Å². The normalized spacial score (nSPS) is 13.5. The fourth-order valence-corrected chi connectivity index (χ4v) is 10.6. The van der Waals surface area contributed by atoms with Crippen LogP contribution >= 0.6 is 0 Å². The summed E-state index contributed by atoms with van der Waals surface area (Å²) in [7, 11) is 0. The number of ether oxygens (including phenoxy) is 1. The molecule has 0 aliphatic carbocycles. The molecular formula is C62H54BN5OPt. The van der Waals surface area contributed by atoms with Gasteiger partial charge in [0.1, 0.15) is 0 Å². The number of hydrogen-bond acceptors (Lipinski definition) is 4. The average molecular weight is 1100 g/mol. The van der Waals surface area contributed by atoms with E-state index in [-0.39, 0.29) is 42.0 Å². The van der Waals surface area contributed by atoms with Gasteiger partial charge in [0.05, 0.1) is 0 Å². The number of benzene rings is 8. The minimum absolute atomic E-state index is 0.137. The van der Waals surface area contributed by atoms with Gasteiger partial charge in [0.2, 0.25) is 0 Å². The Morgan fingerprint density at radius 2 is 1.06 bits per heavy atom. The van der Waals surface area contributed by atoms with E-state index in [1.807, 2.05) is 81.9 Å². The summed E-state index contributed by atoms with van der Waals surface area (Å²) < 4.78 is 48.7. The van der Waals surface area contributed by atoms with Gasteiger partial charge in [0.15, 0.2) is 0 Å². The third kappa shape index (κ3) is 8.32. The number of hydrogen-bond donors (Lipinski definition) is 0. The van der Waals surface area contributed by atoms with Crippen molar-refractivity contribution in [3.05, 3.63) is 233 Å². The molecule has 0 spiro atoms. The number of aromatic nitrogens is 3. The predicted octanol–water partition coefficient (Wildman–Crippen LogP) is 15.3. The number of nitrogens with zero attached hydrogens (tertiary/aromatic N) is 5. The summed E-state index contributed by atoms with van der Waals surface area (Å²) in [6, 6.07) is 65.2. The van der Waals surface area contributed by atoms with Crippen LogP contribution in [0, 0.1) is 3.80 Å². The first-order valence-electron chi connectivity index (χ1n) is 25.7. The monoisotopic (exact) mass is 1090 g/mol. The third-order valence-corrected chi connectivity index (χ3v) is 14.0. The van der Waals surface area contributed by atoms with Crippen LogP contribution in [0.2, 0.25) is 0 Å². The van der Waals surface area contributed by atoms with Gasteiger partial charge in [-0.05, 0) is 18.2 Å². The second-order valence-corrected chi connectivity index (χ2v) is 20.8. The van der Waals surface area contributed by atoms with E-state index in [0.29, 0.717) is 38.0 Å². The van der Waals surface area contributed by atoms with Gasteiger partial charge in [-0.3, -0.25) is 0 Å². The molecule has 11 rings (SSSR count). The zero-order valence-corrected chi connectivity index (χ0v) is 42.3. The van der Waals surface area contributed by atoms with Crippen LogP contribution in [0.5, 0.6) is 11.6 Å². The zero-order valence-electron chi connectivity index (χ0n) is 44.0. The van der Waals surface area contributed by atoms with Gasteiger partial charge in [0, 0.05) is 5.69 Å². The molecule has 10 aromatic rings. The molecule has 0 unspecified atom stereocenters. The van der Waals surface area contributed by atoms with Gasteiger partial charge in [-0.1, -0.05) is 60.7 Å². The fourth-order valence-electron chi connectivity index (χ4n) is 9.53. The molecule has 1 aliphatic rings. The van der Waals surface area contributed by atoms with E-state index in [1.54, 1.807) is 0 Å². The molecule has 6 nitrogen and oxygen atoms in total. The topological polar surface area (TPSA) is 38.5 Å². The van der Waals surface area contributed by atoms with E-state index in [2.05, 4.69) is 192 Å². The number of fused-ring (bicyclic) bond motifs is 2. The number of para-hydroxylation sites is 6. The molecule has 346 valence electrons. The van der Waals surface area contributed by atoms with Crippen LogP contribution in [-0.4, -0.2) is 21.1 Å².